The zero-order valence-corrected chi connectivity index (χ0v) is 9.88. The maximum absolute atomic E-state index is 11.8. The highest BCUT2D eigenvalue weighted by Gasteiger charge is 2.04. The lowest BCUT2D eigenvalue weighted by Crippen LogP contribution is -2.22. The van der Waals surface area contributed by atoms with E-state index in [2.05, 4.69) is 5.32 Å². The Kier molecular flexibility index (Phi) is 3.37. The van der Waals surface area contributed by atoms with Crippen LogP contribution in [0, 0.1) is 6.92 Å². The minimum Gasteiger partial charge on any atom is -0.348 e. The van der Waals surface area contributed by atoms with Crippen molar-refractivity contribution in [3.63, 3.8) is 0 Å². The molecule has 82 valence electrons. The van der Waals surface area contributed by atoms with E-state index in [1.165, 1.54) is 0 Å². The summed E-state index contributed by atoms with van der Waals surface area (Å²) in [6, 6.07) is 9.62. The fourth-order valence-electron chi connectivity index (χ4n) is 1.46. The first kappa shape index (κ1) is 10.9. The smallest absolute Gasteiger partial charge is 0.251 e. The number of benzene rings is 1. The van der Waals surface area contributed by atoms with Gasteiger partial charge in [-0.05, 0) is 41.4 Å². The molecule has 0 radical (unpaired) electrons. The quantitative estimate of drug-likeness (QED) is 0.864. The van der Waals surface area contributed by atoms with E-state index in [1.807, 2.05) is 48.0 Å². The van der Waals surface area contributed by atoms with Crippen molar-refractivity contribution < 1.29 is 4.79 Å². The first-order valence-electron chi connectivity index (χ1n) is 5.11. The first-order chi connectivity index (χ1) is 7.75. The number of thiophene rings is 1. The van der Waals surface area contributed by atoms with Crippen LogP contribution in [0.2, 0.25) is 0 Å². The van der Waals surface area contributed by atoms with Crippen molar-refractivity contribution in [2.45, 2.75) is 13.5 Å². The molecule has 1 heterocycles. The molecule has 0 unspecified atom stereocenters. The Morgan fingerprint density at radius 3 is 2.94 bits per heavy atom. The summed E-state index contributed by atoms with van der Waals surface area (Å²) in [6.07, 6.45) is 0. The third kappa shape index (κ3) is 2.70. The van der Waals surface area contributed by atoms with Crippen molar-refractivity contribution in [1.82, 2.24) is 5.32 Å². The van der Waals surface area contributed by atoms with Gasteiger partial charge in [0.25, 0.3) is 5.91 Å². The van der Waals surface area contributed by atoms with Crippen molar-refractivity contribution in [1.29, 1.82) is 0 Å². The first-order valence-corrected chi connectivity index (χ1v) is 6.06. The van der Waals surface area contributed by atoms with Crippen molar-refractivity contribution in [3.05, 3.63) is 57.8 Å². The molecule has 1 aromatic carbocycles. The van der Waals surface area contributed by atoms with E-state index < -0.39 is 0 Å². The van der Waals surface area contributed by atoms with Gasteiger partial charge in [-0.15, -0.1) is 0 Å². The molecule has 0 saturated carbocycles. The van der Waals surface area contributed by atoms with Gasteiger partial charge >= 0.3 is 0 Å². The number of amides is 1. The highest BCUT2D eigenvalue weighted by atomic mass is 32.1. The number of rotatable bonds is 3. The van der Waals surface area contributed by atoms with E-state index in [9.17, 15) is 4.79 Å². The molecule has 3 heteroatoms. The summed E-state index contributed by atoms with van der Waals surface area (Å²) in [4.78, 5) is 11.8. The largest absolute Gasteiger partial charge is 0.348 e. The summed E-state index contributed by atoms with van der Waals surface area (Å²) in [5.41, 5.74) is 2.96. The second-order valence-electron chi connectivity index (χ2n) is 3.68. The molecule has 0 aliphatic heterocycles. The fraction of sp³-hybridized carbons (Fsp3) is 0.154. The predicted molar refractivity (Wildman–Crippen MR) is 66.7 cm³/mol. The molecule has 0 atom stereocenters. The number of carbonyl (C=O) groups excluding carboxylic acids is 1. The maximum Gasteiger partial charge on any atom is 0.251 e. The van der Waals surface area contributed by atoms with Gasteiger partial charge in [-0.3, -0.25) is 4.79 Å². The van der Waals surface area contributed by atoms with Crippen LogP contribution in [-0.4, -0.2) is 5.91 Å². The molecule has 1 N–H and O–H groups in total. The zero-order valence-electron chi connectivity index (χ0n) is 9.07. The van der Waals surface area contributed by atoms with Gasteiger partial charge in [-0.1, -0.05) is 17.7 Å². The summed E-state index contributed by atoms with van der Waals surface area (Å²) < 4.78 is 0. The van der Waals surface area contributed by atoms with E-state index in [1.54, 1.807) is 11.3 Å². The molecular formula is C13H13NOS. The molecule has 2 aromatic rings. The second-order valence-corrected chi connectivity index (χ2v) is 4.46. The van der Waals surface area contributed by atoms with Gasteiger partial charge in [-0.2, -0.15) is 11.3 Å². The second kappa shape index (κ2) is 4.94. The van der Waals surface area contributed by atoms with E-state index in [-0.39, 0.29) is 5.91 Å². The molecule has 0 fully saturated rings. The Morgan fingerprint density at radius 2 is 2.25 bits per heavy atom. The summed E-state index contributed by atoms with van der Waals surface area (Å²) in [5.74, 6) is -0.0186. The van der Waals surface area contributed by atoms with Gasteiger partial charge < -0.3 is 5.32 Å². The van der Waals surface area contributed by atoms with E-state index >= 15 is 0 Å². The Labute approximate surface area is 98.9 Å². The Balaban J connectivity index is 1.98. The van der Waals surface area contributed by atoms with Crippen LogP contribution in [0.5, 0.6) is 0 Å². The molecule has 0 saturated heterocycles. The normalized spacial score (nSPS) is 10.1. The molecule has 0 spiro atoms. The third-order valence-corrected chi connectivity index (χ3v) is 3.05. The summed E-state index contributed by atoms with van der Waals surface area (Å²) in [7, 11) is 0. The molecule has 1 aromatic heterocycles. The van der Waals surface area contributed by atoms with Crippen molar-refractivity contribution in [2.75, 3.05) is 0 Å². The van der Waals surface area contributed by atoms with Crippen molar-refractivity contribution in [2.24, 2.45) is 0 Å². The number of hydrogen-bond acceptors (Lipinski definition) is 2. The van der Waals surface area contributed by atoms with Crippen LogP contribution in [0.4, 0.5) is 0 Å². The van der Waals surface area contributed by atoms with Crippen LogP contribution in [0.25, 0.3) is 0 Å². The molecular weight excluding hydrogens is 218 g/mol. The Hall–Kier alpha value is -1.61. The van der Waals surface area contributed by atoms with Gasteiger partial charge in [0.2, 0.25) is 0 Å². The lowest BCUT2D eigenvalue weighted by Gasteiger charge is -2.04. The van der Waals surface area contributed by atoms with Crippen molar-refractivity contribution in [3.8, 4) is 0 Å². The van der Waals surface area contributed by atoms with Crippen molar-refractivity contribution >= 4 is 17.2 Å². The van der Waals surface area contributed by atoms with Crippen LogP contribution >= 0.6 is 11.3 Å². The summed E-state index contributed by atoms with van der Waals surface area (Å²) >= 11 is 1.64. The van der Waals surface area contributed by atoms with Gasteiger partial charge in [0.15, 0.2) is 0 Å². The topological polar surface area (TPSA) is 29.1 Å². The summed E-state index contributed by atoms with van der Waals surface area (Å²) in [5, 5.41) is 6.94. The van der Waals surface area contributed by atoms with E-state index in [0.29, 0.717) is 6.54 Å². The highest BCUT2D eigenvalue weighted by Crippen LogP contribution is 2.07. The molecule has 0 bridgehead atoms. The Bertz CT molecular complexity index is 476. The van der Waals surface area contributed by atoms with Gasteiger partial charge in [0, 0.05) is 12.1 Å². The highest BCUT2D eigenvalue weighted by molar-refractivity contribution is 7.07. The van der Waals surface area contributed by atoms with Gasteiger partial charge in [0.1, 0.15) is 0 Å². The fourth-order valence-corrected chi connectivity index (χ4v) is 2.13. The zero-order chi connectivity index (χ0) is 11.4. The number of aryl methyl sites for hydroxylation is 1. The number of carbonyl (C=O) groups is 1. The van der Waals surface area contributed by atoms with E-state index in [0.717, 1.165) is 16.7 Å². The van der Waals surface area contributed by atoms with E-state index in [4.69, 9.17) is 0 Å². The molecule has 2 rings (SSSR count). The standard InChI is InChI=1S/C13H13NOS/c1-10-3-2-4-12(7-10)13(15)14-8-11-5-6-16-9-11/h2-7,9H,8H2,1H3,(H,14,15). The summed E-state index contributed by atoms with van der Waals surface area (Å²) in [6.45, 7) is 2.58. The van der Waals surface area contributed by atoms with Crippen LogP contribution in [-0.2, 0) is 6.54 Å². The molecule has 1 amide bonds. The average molecular weight is 231 g/mol. The molecule has 16 heavy (non-hydrogen) atoms. The van der Waals surface area contributed by atoms with Crippen LogP contribution in [0.1, 0.15) is 21.5 Å². The van der Waals surface area contributed by atoms with Crippen LogP contribution < -0.4 is 5.32 Å². The Morgan fingerprint density at radius 1 is 1.38 bits per heavy atom. The van der Waals surface area contributed by atoms with Gasteiger partial charge in [-0.25, -0.2) is 0 Å². The van der Waals surface area contributed by atoms with Crippen LogP contribution in [0.15, 0.2) is 41.1 Å². The number of hydrogen-bond donors (Lipinski definition) is 1. The lowest BCUT2D eigenvalue weighted by molar-refractivity contribution is 0.0951. The lowest BCUT2D eigenvalue weighted by atomic mass is 10.1. The van der Waals surface area contributed by atoms with Gasteiger partial charge in [0.05, 0.1) is 0 Å². The SMILES string of the molecule is Cc1cccc(C(=O)NCc2ccsc2)c1. The minimum atomic E-state index is -0.0186. The predicted octanol–water partition coefficient (Wildman–Crippen LogP) is 2.99. The average Bonchev–Trinajstić information content (AvgIpc) is 2.78. The van der Waals surface area contributed by atoms with Crippen LogP contribution in [0.3, 0.4) is 0 Å². The molecule has 0 aliphatic rings. The monoisotopic (exact) mass is 231 g/mol. The third-order valence-electron chi connectivity index (χ3n) is 2.31. The molecule has 2 nitrogen and oxygen atoms in total. The number of nitrogens with one attached hydrogen (secondary N) is 1. The maximum atomic E-state index is 11.8. The minimum absolute atomic E-state index is 0.0186. The molecule has 0 aliphatic carbocycles.